The van der Waals surface area contributed by atoms with Gasteiger partial charge < -0.3 is 5.32 Å². The van der Waals surface area contributed by atoms with Crippen molar-refractivity contribution >= 4 is 17.5 Å². The van der Waals surface area contributed by atoms with Crippen LogP contribution in [0.5, 0.6) is 0 Å². The number of benzene rings is 1. The Kier molecular flexibility index (Phi) is 4.77. The van der Waals surface area contributed by atoms with Crippen molar-refractivity contribution in [2.24, 2.45) is 0 Å². The highest BCUT2D eigenvalue weighted by Crippen LogP contribution is 2.22. The average molecular weight is 285 g/mol. The van der Waals surface area contributed by atoms with Crippen LogP contribution >= 0.6 is 11.6 Å². The van der Waals surface area contributed by atoms with Crippen molar-refractivity contribution in [1.82, 2.24) is 10.2 Å². The molecule has 0 aliphatic carbocycles. The largest absolute Gasteiger partial charge is 0.352 e. The van der Waals surface area contributed by atoms with Gasteiger partial charge in [-0.25, -0.2) is 4.39 Å². The molecule has 1 aromatic rings. The molecule has 1 heterocycles. The molecule has 1 fully saturated rings. The van der Waals surface area contributed by atoms with Crippen molar-refractivity contribution in [2.45, 2.75) is 32.4 Å². The first kappa shape index (κ1) is 14.3. The molecule has 1 aromatic carbocycles. The fourth-order valence-electron chi connectivity index (χ4n) is 2.51. The zero-order valence-corrected chi connectivity index (χ0v) is 11.7. The average Bonchev–Trinajstić information content (AvgIpc) is 2.34. The number of carbonyl (C=O) groups excluding carboxylic acids is 1. The number of halogens is 2. The second-order valence-electron chi connectivity index (χ2n) is 4.98. The molecule has 3 nitrogen and oxygen atoms in total. The van der Waals surface area contributed by atoms with E-state index in [9.17, 15) is 9.18 Å². The minimum Gasteiger partial charge on any atom is -0.352 e. The highest BCUT2D eigenvalue weighted by molar-refractivity contribution is 6.31. The Morgan fingerprint density at radius 2 is 2.37 bits per heavy atom. The van der Waals surface area contributed by atoms with Gasteiger partial charge in [-0.15, -0.1) is 0 Å². The molecule has 0 aromatic heterocycles. The van der Waals surface area contributed by atoms with Crippen molar-refractivity contribution in [3.63, 3.8) is 0 Å². The van der Waals surface area contributed by atoms with E-state index in [1.54, 1.807) is 12.1 Å². The molecule has 1 saturated heterocycles. The van der Waals surface area contributed by atoms with Gasteiger partial charge >= 0.3 is 0 Å². The second kappa shape index (κ2) is 6.35. The Labute approximate surface area is 117 Å². The van der Waals surface area contributed by atoms with E-state index in [4.69, 9.17) is 11.6 Å². The molecule has 1 N–H and O–H groups in total. The standard InChI is InChI=1S/C14H18ClFN2O/c1-10(19)17-11-4-3-7-18(8-11)9-12-13(15)5-2-6-14(12)16/h2,5-6,11H,3-4,7-9H2,1H3,(H,17,19). The number of nitrogens with zero attached hydrogens (tertiary/aromatic N) is 1. The molecular weight excluding hydrogens is 267 g/mol. The van der Waals surface area contributed by atoms with E-state index in [1.165, 1.54) is 13.0 Å². The molecular formula is C14H18ClFN2O. The Balaban J connectivity index is 2.01. The van der Waals surface area contributed by atoms with E-state index in [1.807, 2.05) is 0 Å². The maximum atomic E-state index is 13.7. The van der Waals surface area contributed by atoms with E-state index in [0.717, 1.165) is 25.9 Å². The van der Waals surface area contributed by atoms with Crippen LogP contribution in [-0.2, 0) is 11.3 Å². The SMILES string of the molecule is CC(=O)NC1CCCN(Cc2c(F)cccc2Cl)C1. The van der Waals surface area contributed by atoms with Crippen LogP contribution in [0, 0.1) is 5.82 Å². The predicted molar refractivity (Wildman–Crippen MR) is 73.5 cm³/mol. The van der Waals surface area contributed by atoms with Crippen LogP contribution in [0.4, 0.5) is 4.39 Å². The molecule has 2 rings (SSSR count). The van der Waals surface area contributed by atoms with Gasteiger partial charge in [0.2, 0.25) is 5.91 Å². The number of rotatable bonds is 3. The lowest BCUT2D eigenvalue weighted by Crippen LogP contribution is -2.46. The highest BCUT2D eigenvalue weighted by atomic mass is 35.5. The maximum Gasteiger partial charge on any atom is 0.217 e. The molecule has 104 valence electrons. The summed E-state index contributed by atoms with van der Waals surface area (Å²) >= 11 is 6.03. The molecule has 1 aliphatic heterocycles. The molecule has 0 spiro atoms. The van der Waals surface area contributed by atoms with Gasteiger partial charge in [-0.1, -0.05) is 17.7 Å². The van der Waals surface area contributed by atoms with Crippen LogP contribution in [0.2, 0.25) is 5.02 Å². The summed E-state index contributed by atoms with van der Waals surface area (Å²) in [6.07, 6.45) is 1.97. The van der Waals surface area contributed by atoms with Crippen LogP contribution in [-0.4, -0.2) is 29.9 Å². The minimum atomic E-state index is -0.269. The zero-order valence-electron chi connectivity index (χ0n) is 11.0. The van der Waals surface area contributed by atoms with Gasteiger partial charge in [-0.2, -0.15) is 0 Å². The molecule has 5 heteroatoms. The summed E-state index contributed by atoms with van der Waals surface area (Å²) in [6, 6.07) is 4.89. The second-order valence-corrected chi connectivity index (χ2v) is 5.38. The molecule has 19 heavy (non-hydrogen) atoms. The van der Waals surface area contributed by atoms with Gasteiger partial charge in [-0.05, 0) is 31.5 Å². The van der Waals surface area contributed by atoms with Gasteiger partial charge in [0.25, 0.3) is 0 Å². The third-order valence-corrected chi connectivity index (χ3v) is 3.71. The number of piperidine rings is 1. The third-order valence-electron chi connectivity index (χ3n) is 3.36. The van der Waals surface area contributed by atoms with Crippen LogP contribution in [0.15, 0.2) is 18.2 Å². The van der Waals surface area contributed by atoms with Gasteiger partial charge in [-0.3, -0.25) is 9.69 Å². The summed E-state index contributed by atoms with van der Waals surface area (Å²) < 4.78 is 13.7. The topological polar surface area (TPSA) is 32.3 Å². The van der Waals surface area contributed by atoms with Crippen molar-refractivity contribution in [3.8, 4) is 0 Å². The third kappa shape index (κ3) is 3.91. The lowest BCUT2D eigenvalue weighted by atomic mass is 10.0. The lowest BCUT2D eigenvalue weighted by Gasteiger charge is -2.33. The van der Waals surface area contributed by atoms with E-state index >= 15 is 0 Å². The van der Waals surface area contributed by atoms with Crippen molar-refractivity contribution in [1.29, 1.82) is 0 Å². The molecule has 1 aliphatic rings. The Hall–Kier alpha value is -1.13. The van der Waals surface area contributed by atoms with E-state index in [0.29, 0.717) is 17.1 Å². The Morgan fingerprint density at radius 3 is 3.05 bits per heavy atom. The molecule has 0 saturated carbocycles. The van der Waals surface area contributed by atoms with Gasteiger partial charge in [0.1, 0.15) is 5.82 Å². The summed E-state index contributed by atoms with van der Waals surface area (Å²) in [4.78, 5) is 13.2. The summed E-state index contributed by atoms with van der Waals surface area (Å²) in [5.41, 5.74) is 0.535. The van der Waals surface area contributed by atoms with Crippen LogP contribution in [0.25, 0.3) is 0 Å². The number of amides is 1. The van der Waals surface area contributed by atoms with Crippen LogP contribution in [0.3, 0.4) is 0 Å². The van der Waals surface area contributed by atoms with Crippen molar-refractivity contribution < 1.29 is 9.18 Å². The van der Waals surface area contributed by atoms with Gasteiger partial charge in [0.05, 0.1) is 0 Å². The number of likely N-dealkylation sites (tertiary alicyclic amines) is 1. The first-order valence-corrected chi connectivity index (χ1v) is 6.86. The summed E-state index contributed by atoms with van der Waals surface area (Å²) in [6.45, 7) is 3.65. The van der Waals surface area contributed by atoms with E-state index in [2.05, 4.69) is 10.2 Å². The maximum absolute atomic E-state index is 13.7. The predicted octanol–water partition coefficient (Wildman–Crippen LogP) is 2.58. The highest BCUT2D eigenvalue weighted by Gasteiger charge is 2.21. The summed E-state index contributed by atoms with van der Waals surface area (Å²) in [7, 11) is 0. The first-order chi connectivity index (χ1) is 9.06. The fraction of sp³-hybridized carbons (Fsp3) is 0.500. The zero-order chi connectivity index (χ0) is 13.8. The number of hydrogen-bond donors (Lipinski definition) is 1. The normalized spacial score (nSPS) is 20.3. The first-order valence-electron chi connectivity index (χ1n) is 6.48. The van der Waals surface area contributed by atoms with Crippen LogP contribution in [0.1, 0.15) is 25.3 Å². The Morgan fingerprint density at radius 1 is 1.58 bits per heavy atom. The molecule has 0 radical (unpaired) electrons. The van der Waals surface area contributed by atoms with Gasteiger partial charge in [0.15, 0.2) is 0 Å². The molecule has 1 atom stereocenters. The minimum absolute atomic E-state index is 0.0178. The van der Waals surface area contributed by atoms with E-state index < -0.39 is 0 Å². The lowest BCUT2D eigenvalue weighted by molar-refractivity contribution is -0.120. The number of hydrogen-bond acceptors (Lipinski definition) is 2. The van der Waals surface area contributed by atoms with Gasteiger partial charge in [0, 0.05) is 36.6 Å². The quantitative estimate of drug-likeness (QED) is 0.925. The number of carbonyl (C=O) groups is 1. The summed E-state index contributed by atoms with van der Waals surface area (Å²) in [5, 5.41) is 3.38. The van der Waals surface area contributed by atoms with Crippen molar-refractivity contribution in [2.75, 3.05) is 13.1 Å². The molecule has 1 unspecified atom stereocenters. The fourth-order valence-corrected chi connectivity index (χ4v) is 2.73. The number of nitrogens with one attached hydrogen (secondary N) is 1. The Bertz CT molecular complexity index is 447. The van der Waals surface area contributed by atoms with Crippen molar-refractivity contribution in [3.05, 3.63) is 34.6 Å². The van der Waals surface area contributed by atoms with E-state index in [-0.39, 0.29) is 17.8 Å². The summed E-state index contributed by atoms with van der Waals surface area (Å²) in [5.74, 6) is -0.287. The molecule has 1 amide bonds. The van der Waals surface area contributed by atoms with Crippen LogP contribution < -0.4 is 5.32 Å². The monoisotopic (exact) mass is 284 g/mol. The molecule has 0 bridgehead atoms. The smallest absolute Gasteiger partial charge is 0.217 e.